The van der Waals surface area contributed by atoms with Gasteiger partial charge >= 0.3 is 0 Å². The molecule has 9 nitrogen and oxygen atoms in total. The molecule has 170 valence electrons. The molecule has 0 radical (unpaired) electrons. The lowest BCUT2D eigenvalue weighted by Crippen LogP contribution is -2.62. The van der Waals surface area contributed by atoms with E-state index in [4.69, 9.17) is 5.73 Å². The standard InChI is InChI=1S/C22H30N2O7/c1-22(31)9-5-4-6-11(25)13(9)19(28)14-10(22)7-8-12(17(14)26)18(27)15(21(23)30)20(29)16(8)24(2)3/h8-13,16,25,28-29,31H,4-7H2,1-3H3,(H2,23,30)/t8-,9?,10?,11?,12?,13?,16+,22-/m1/s1. The first-order valence-corrected chi connectivity index (χ1v) is 10.7. The number of aliphatic hydroxyl groups is 4. The monoisotopic (exact) mass is 434 g/mol. The fraction of sp³-hybridized carbons (Fsp3) is 0.682. The summed E-state index contributed by atoms with van der Waals surface area (Å²) in [5, 5.41) is 43.9. The van der Waals surface area contributed by atoms with E-state index in [2.05, 4.69) is 0 Å². The highest BCUT2D eigenvalue weighted by Crippen LogP contribution is 2.56. The molecule has 0 saturated heterocycles. The first-order valence-electron chi connectivity index (χ1n) is 10.7. The molecule has 4 aliphatic carbocycles. The normalized spacial score (nSPS) is 43.0. The van der Waals surface area contributed by atoms with Gasteiger partial charge in [-0.2, -0.15) is 0 Å². The molecule has 8 atom stereocenters. The minimum absolute atomic E-state index is 0.0375. The minimum atomic E-state index is -1.39. The Morgan fingerprint density at radius 3 is 2.35 bits per heavy atom. The quantitative estimate of drug-likeness (QED) is 0.299. The Bertz CT molecular complexity index is 919. The zero-order valence-electron chi connectivity index (χ0n) is 17.9. The largest absolute Gasteiger partial charge is 0.511 e. The summed E-state index contributed by atoms with van der Waals surface area (Å²) < 4.78 is 0. The number of aliphatic hydroxyl groups excluding tert-OH is 3. The van der Waals surface area contributed by atoms with Crippen LogP contribution in [0.1, 0.15) is 32.6 Å². The van der Waals surface area contributed by atoms with Gasteiger partial charge in [0.15, 0.2) is 11.6 Å². The van der Waals surface area contributed by atoms with Crippen molar-refractivity contribution in [2.45, 2.75) is 50.4 Å². The Morgan fingerprint density at radius 2 is 1.77 bits per heavy atom. The van der Waals surface area contributed by atoms with Gasteiger partial charge in [-0.15, -0.1) is 0 Å². The average molecular weight is 434 g/mol. The average Bonchev–Trinajstić information content (AvgIpc) is 2.65. The summed E-state index contributed by atoms with van der Waals surface area (Å²) in [6.07, 6.45) is 0.998. The van der Waals surface area contributed by atoms with Crippen molar-refractivity contribution in [3.8, 4) is 0 Å². The third-order valence-electron chi connectivity index (χ3n) is 8.02. The molecule has 0 bridgehead atoms. The van der Waals surface area contributed by atoms with Crippen molar-refractivity contribution in [1.29, 1.82) is 0 Å². The van der Waals surface area contributed by atoms with Crippen LogP contribution >= 0.6 is 0 Å². The highest BCUT2D eigenvalue weighted by molar-refractivity contribution is 6.27. The Hall–Kier alpha value is -2.23. The van der Waals surface area contributed by atoms with Gasteiger partial charge in [-0.25, -0.2) is 0 Å². The SMILES string of the molecule is CN(C)[C@@H]1C(O)=C(C(N)=O)C(=O)C2C(=O)C3=C(O)C4C(O)CCCC4[C@@](C)(O)C3C[C@H]21. The van der Waals surface area contributed by atoms with Crippen LogP contribution in [-0.4, -0.2) is 74.6 Å². The molecule has 6 N–H and O–H groups in total. The van der Waals surface area contributed by atoms with Crippen molar-refractivity contribution in [3.05, 3.63) is 22.7 Å². The van der Waals surface area contributed by atoms with E-state index in [1.807, 2.05) is 0 Å². The van der Waals surface area contributed by atoms with Crippen LogP contribution in [0.4, 0.5) is 0 Å². The summed E-state index contributed by atoms with van der Waals surface area (Å²) in [7, 11) is 3.32. The number of primary amides is 1. The van der Waals surface area contributed by atoms with Crippen molar-refractivity contribution in [2.75, 3.05) is 14.1 Å². The second-order valence-corrected chi connectivity index (χ2v) is 9.85. The number of ketones is 2. The van der Waals surface area contributed by atoms with E-state index < -0.39 is 76.1 Å². The maximum Gasteiger partial charge on any atom is 0.255 e. The highest BCUT2D eigenvalue weighted by atomic mass is 16.3. The van der Waals surface area contributed by atoms with Gasteiger partial charge in [0, 0.05) is 23.3 Å². The van der Waals surface area contributed by atoms with Gasteiger partial charge in [0.1, 0.15) is 17.1 Å². The number of likely N-dealkylation sites (N-methyl/N-ethyl adjacent to an activating group) is 1. The summed E-state index contributed by atoms with van der Waals surface area (Å²) in [6.45, 7) is 1.62. The van der Waals surface area contributed by atoms with Crippen molar-refractivity contribution < 1.29 is 34.8 Å². The number of fused-ring (bicyclic) bond motifs is 3. The molecule has 0 spiro atoms. The number of amides is 1. The number of hydrogen-bond donors (Lipinski definition) is 5. The lowest BCUT2D eigenvalue weighted by molar-refractivity contribution is -0.152. The maximum absolute atomic E-state index is 13.6. The molecule has 31 heavy (non-hydrogen) atoms. The summed E-state index contributed by atoms with van der Waals surface area (Å²) >= 11 is 0. The van der Waals surface area contributed by atoms with Crippen LogP contribution in [0.2, 0.25) is 0 Å². The molecule has 0 aromatic rings. The number of carbonyl (C=O) groups is 3. The maximum atomic E-state index is 13.6. The predicted molar refractivity (Wildman–Crippen MR) is 109 cm³/mol. The van der Waals surface area contributed by atoms with E-state index in [0.717, 1.165) is 0 Å². The lowest BCUT2D eigenvalue weighted by Gasteiger charge is -2.55. The highest BCUT2D eigenvalue weighted by Gasteiger charge is 2.62. The van der Waals surface area contributed by atoms with Crippen molar-refractivity contribution in [2.24, 2.45) is 35.3 Å². The zero-order valence-corrected chi connectivity index (χ0v) is 17.9. The number of rotatable bonds is 2. The van der Waals surface area contributed by atoms with Crippen LogP contribution in [0.25, 0.3) is 0 Å². The molecular weight excluding hydrogens is 404 g/mol. The smallest absolute Gasteiger partial charge is 0.255 e. The van der Waals surface area contributed by atoms with Crippen molar-refractivity contribution in [1.82, 2.24) is 4.90 Å². The van der Waals surface area contributed by atoms with E-state index >= 15 is 0 Å². The van der Waals surface area contributed by atoms with E-state index in [0.29, 0.717) is 19.3 Å². The Morgan fingerprint density at radius 1 is 1.13 bits per heavy atom. The molecule has 2 saturated carbocycles. The second kappa shape index (κ2) is 7.15. The summed E-state index contributed by atoms with van der Waals surface area (Å²) in [6, 6.07) is -0.816. The van der Waals surface area contributed by atoms with Crippen LogP contribution < -0.4 is 5.73 Å². The summed E-state index contributed by atoms with van der Waals surface area (Å²) in [4.78, 5) is 40.3. The van der Waals surface area contributed by atoms with Gasteiger partial charge in [0.2, 0.25) is 0 Å². The first-order chi connectivity index (χ1) is 14.4. The molecule has 0 aliphatic heterocycles. The molecule has 0 aromatic carbocycles. The molecule has 4 aliphatic rings. The van der Waals surface area contributed by atoms with Crippen LogP contribution in [0, 0.1) is 29.6 Å². The van der Waals surface area contributed by atoms with E-state index in [1.165, 1.54) is 0 Å². The third-order valence-corrected chi connectivity index (χ3v) is 8.02. The fourth-order valence-corrected chi connectivity index (χ4v) is 6.67. The zero-order chi connectivity index (χ0) is 23.0. The van der Waals surface area contributed by atoms with E-state index in [-0.39, 0.29) is 17.8 Å². The number of Topliss-reactive ketones (excluding diaryl/α,β-unsaturated/α-hetero) is 2. The molecule has 0 heterocycles. The molecular formula is C22H30N2O7. The number of carbonyl (C=O) groups excluding carboxylic acids is 3. The number of nitrogens with zero attached hydrogens (tertiary/aromatic N) is 1. The molecule has 2 fully saturated rings. The van der Waals surface area contributed by atoms with Gasteiger partial charge in [-0.05, 0) is 46.2 Å². The third kappa shape index (κ3) is 2.90. The second-order valence-electron chi connectivity index (χ2n) is 9.85. The molecule has 1 amide bonds. The molecule has 5 unspecified atom stereocenters. The Balaban J connectivity index is 1.90. The van der Waals surface area contributed by atoms with Crippen molar-refractivity contribution >= 4 is 17.5 Å². The lowest BCUT2D eigenvalue weighted by atomic mass is 9.51. The summed E-state index contributed by atoms with van der Waals surface area (Å²) in [5.74, 6) is -7.33. The first kappa shape index (κ1) is 22.0. The molecule has 4 rings (SSSR count). The van der Waals surface area contributed by atoms with E-state index in [9.17, 15) is 34.8 Å². The molecule has 9 heteroatoms. The topological polar surface area (TPSA) is 161 Å². The predicted octanol–water partition coefficient (Wildman–Crippen LogP) is -0.0280. The van der Waals surface area contributed by atoms with Crippen LogP contribution in [-0.2, 0) is 14.4 Å². The van der Waals surface area contributed by atoms with Crippen molar-refractivity contribution in [3.63, 3.8) is 0 Å². The number of hydrogen-bond acceptors (Lipinski definition) is 8. The van der Waals surface area contributed by atoms with Gasteiger partial charge in [-0.3, -0.25) is 19.3 Å². The Kier molecular flexibility index (Phi) is 5.07. The summed E-state index contributed by atoms with van der Waals surface area (Å²) in [5.41, 5.74) is 3.32. The molecule has 0 aromatic heterocycles. The van der Waals surface area contributed by atoms with Gasteiger partial charge in [0.25, 0.3) is 5.91 Å². The van der Waals surface area contributed by atoms with E-state index in [1.54, 1.807) is 25.9 Å². The van der Waals surface area contributed by atoms with Crippen LogP contribution in [0.3, 0.4) is 0 Å². The Labute approximate surface area is 180 Å². The van der Waals surface area contributed by atoms with Crippen LogP contribution in [0.5, 0.6) is 0 Å². The van der Waals surface area contributed by atoms with Gasteiger partial charge < -0.3 is 26.2 Å². The minimum Gasteiger partial charge on any atom is -0.511 e. The van der Waals surface area contributed by atoms with Gasteiger partial charge in [-0.1, -0.05) is 6.42 Å². The van der Waals surface area contributed by atoms with Gasteiger partial charge in [0.05, 0.1) is 23.7 Å². The van der Waals surface area contributed by atoms with Crippen LogP contribution in [0.15, 0.2) is 22.7 Å². The number of nitrogens with two attached hydrogens (primary N) is 1. The fourth-order valence-electron chi connectivity index (χ4n) is 6.67.